The lowest BCUT2D eigenvalue weighted by atomic mass is 10.1. The highest BCUT2D eigenvalue weighted by Crippen LogP contribution is 2.39. The number of hydrogen-bond acceptors (Lipinski definition) is 7. The summed E-state index contributed by atoms with van der Waals surface area (Å²) in [7, 11) is -6.28. The minimum atomic E-state index is -4.85. The van der Waals surface area contributed by atoms with Crippen LogP contribution in [0.4, 0.5) is 19.0 Å². The van der Waals surface area contributed by atoms with E-state index in [-0.39, 0.29) is 17.0 Å². The van der Waals surface area contributed by atoms with Crippen molar-refractivity contribution < 1.29 is 35.7 Å². The van der Waals surface area contributed by atoms with Crippen LogP contribution in [-0.2, 0) is 10.9 Å². The maximum absolute atomic E-state index is 13.6. The predicted molar refractivity (Wildman–Crippen MR) is 88.3 cm³/mol. The van der Waals surface area contributed by atoms with E-state index in [1.54, 1.807) is 0 Å². The van der Waals surface area contributed by atoms with E-state index in [1.165, 1.54) is 6.92 Å². The molecular formula is C16H14F3N5O3. The van der Waals surface area contributed by atoms with Crippen molar-refractivity contribution in [1.82, 2.24) is 19.6 Å². The van der Waals surface area contributed by atoms with E-state index >= 15 is 0 Å². The highest BCUT2D eigenvalue weighted by atomic mass is 19.4. The molecule has 3 rings (SSSR count). The van der Waals surface area contributed by atoms with Gasteiger partial charge in [-0.2, -0.15) is 18.3 Å². The van der Waals surface area contributed by atoms with E-state index in [9.17, 15) is 18.0 Å². The third-order valence-electron chi connectivity index (χ3n) is 3.75. The van der Waals surface area contributed by atoms with Gasteiger partial charge in [-0.1, -0.05) is 0 Å². The zero-order chi connectivity index (χ0) is 24.9. The third-order valence-corrected chi connectivity index (χ3v) is 3.75. The number of rotatable bonds is 3. The molecule has 0 saturated carbocycles. The molecule has 8 nitrogen and oxygen atoms in total. The standard InChI is InChI=1S/C16H14F3N5O3/c1-7-8(4-9(15(25)27-3)14(23-7)26-2)11-5-10(16(17,18)19)12-13(20)21-6-22-24(11)12/h4-6H,1-3H3,(H2,20,21,22)/i2D3,3D3. The molecule has 3 heterocycles. The van der Waals surface area contributed by atoms with E-state index in [0.29, 0.717) is 6.07 Å². The van der Waals surface area contributed by atoms with Crippen molar-refractivity contribution in [3.05, 3.63) is 35.3 Å². The van der Waals surface area contributed by atoms with Gasteiger partial charge in [0.05, 0.1) is 39.3 Å². The second-order valence-corrected chi connectivity index (χ2v) is 5.31. The van der Waals surface area contributed by atoms with E-state index in [4.69, 9.17) is 14.0 Å². The molecule has 11 heteroatoms. The summed E-state index contributed by atoms with van der Waals surface area (Å²) in [5.41, 5.74) is 2.71. The normalized spacial score (nSPS) is 15.9. The molecule has 0 aliphatic rings. The number of hydrogen-bond donors (Lipinski definition) is 1. The molecule has 2 N–H and O–H groups in total. The average molecular weight is 387 g/mol. The summed E-state index contributed by atoms with van der Waals surface area (Å²) in [6.45, 7) is 1.30. The molecule has 0 radical (unpaired) electrons. The number of carbonyl (C=O) groups is 1. The zero-order valence-electron chi connectivity index (χ0n) is 19.5. The van der Waals surface area contributed by atoms with E-state index < -0.39 is 54.6 Å². The lowest BCUT2D eigenvalue weighted by Gasteiger charge is -2.11. The third kappa shape index (κ3) is 3.00. The van der Waals surface area contributed by atoms with E-state index in [0.717, 1.165) is 16.9 Å². The second-order valence-electron chi connectivity index (χ2n) is 5.31. The molecule has 0 amide bonds. The molecular weight excluding hydrogens is 367 g/mol. The first-order chi connectivity index (χ1) is 15.0. The number of fused-ring (bicyclic) bond motifs is 1. The fraction of sp³-hybridized carbons (Fsp3) is 0.250. The molecule has 0 bridgehead atoms. The predicted octanol–water partition coefficient (Wildman–Crippen LogP) is 2.50. The van der Waals surface area contributed by atoms with Gasteiger partial charge >= 0.3 is 12.1 Å². The van der Waals surface area contributed by atoms with Crippen molar-refractivity contribution in [2.75, 3.05) is 19.8 Å². The Hall–Kier alpha value is -3.37. The van der Waals surface area contributed by atoms with Crippen LogP contribution >= 0.6 is 0 Å². The van der Waals surface area contributed by atoms with Gasteiger partial charge in [-0.05, 0) is 19.1 Å². The SMILES string of the molecule is [2H]C([2H])([2H])OC(=O)c1cc(-c2cc(C(F)(F)F)c3c(N)ncnn23)c(C)nc1OC([2H])([2H])[2H]. The van der Waals surface area contributed by atoms with Crippen LogP contribution in [0.5, 0.6) is 5.88 Å². The van der Waals surface area contributed by atoms with Crippen LogP contribution in [0, 0.1) is 6.92 Å². The Morgan fingerprint density at radius 3 is 2.78 bits per heavy atom. The van der Waals surface area contributed by atoms with Crippen LogP contribution in [0.3, 0.4) is 0 Å². The van der Waals surface area contributed by atoms with Crippen molar-refractivity contribution in [1.29, 1.82) is 0 Å². The number of nitrogens with two attached hydrogens (primary N) is 1. The van der Waals surface area contributed by atoms with Crippen molar-refractivity contribution in [3.63, 3.8) is 0 Å². The van der Waals surface area contributed by atoms with Crippen molar-refractivity contribution in [2.45, 2.75) is 13.1 Å². The first kappa shape index (κ1) is 12.1. The maximum Gasteiger partial charge on any atom is 0.418 e. The number of halogens is 3. The van der Waals surface area contributed by atoms with Gasteiger partial charge in [-0.15, -0.1) is 0 Å². The van der Waals surface area contributed by atoms with E-state index in [2.05, 4.69) is 24.5 Å². The highest BCUT2D eigenvalue weighted by molar-refractivity contribution is 5.94. The molecule has 0 saturated heterocycles. The Balaban J connectivity index is 2.31. The van der Waals surface area contributed by atoms with Crippen molar-refractivity contribution in [3.8, 4) is 17.1 Å². The molecule has 0 aliphatic carbocycles. The summed E-state index contributed by atoms with van der Waals surface area (Å²) >= 11 is 0. The van der Waals surface area contributed by atoms with Crippen LogP contribution in [0.15, 0.2) is 18.5 Å². The van der Waals surface area contributed by atoms with Crippen LogP contribution in [0.1, 0.15) is 29.8 Å². The Kier molecular flexibility index (Phi) is 2.87. The van der Waals surface area contributed by atoms with Crippen LogP contribution in [0.2, 0.25) is 0 Å². The van der Waals surface area contributed by atoms with Gasteiger partial charge in [0.25, 0.3) is 0 Å². The number of ether oxygens (including phenoxy) is 2. The molecule has 3 aromatic rings. The number of pyridine rings is 1. The number of nitrogens with zero attached hydrogens (tertiary/aromatic N) is 4. The van der Waals surface area contributed by atoms with Crippen LogP contribution in [0.25, 0.3) is 16.8 Å². The van der Waals surface area contributed by atoms with Gasteiger partial charge in [0.15, 0.2) is 5.82 Å². The topological polar surface area (TPSA) is 105 Å². The molecule has 27 heavy (non-hydrogen) atoms. The van der Waals surface area contributed by atoms with Gasteiger partial charge in [-0.25, -0.2) is 19.3 Å². The molecule has 0 aromatic carbocycles. The molecule has 3 aromatic heterocycles. The number of methoxy groups -OCH3 is 2. The molecule has 0 spiro atoms. The second kappa shape index (κ2) is 6.41. The maximum atomic E-state index is 13.6. The van der Waals surface area contributed by atoms with Crippen molar-refractivity contribution >= 4 is 17.3 Å². The highest BCUT2D eigenvalue weighted by Gasteiger charge is 2.37. The fourth-order valence-corrected chi connectivity index (χ4v) is 2.60. The van der Waals surface area contributed by atoms with Crippen molar-refractivity contribution in [2.24, 2.45) is 0 Å². The van der Waals surface area contributed by atoms with Crippen LogP contribution in [-0.4, -0.2) is 39.6 Å². The zero-order valence-corrected chi connectivity index (χ0v) is 13.5. The summed E-state index contributed by atoms with van der Waals surface area (Å²) in [6, 6.07) is 1.59. The largest absolute Gasteiger partial charge is 0.480 e. The minimum absolute atomic E-state index is 0.0648. The number of esters is 1. The molecule has 0 unspecified atom stereocenters. The summed E-state index contributed by atoms with van der Waals surface area (Å²) in [5, 5.41) is 3.78. The molecule has 0 atom stereocenters. The summed E-state index contributed by atoms with van der Waals surface area (Å²) in [4.78, 5) is 19.8. The Morgan fingerprint density at radius 2 is 2.11 bits per heavy atom. The smallest absolute Gasteiger partial charge is 0.418 e. The first-order valence-electron chi connectivity index (χ1n) is 10.1. The van der Waals surface area contributed by atoms with Crippen LogP contribution < -0.4 is 10.5 Å². The summed E-state index contributed by atoms with van der Waals surface area (Å²) in [5.74, 6) is -2.80. The number of nitrogen functional groups attached to an aromatic ring is 1. The summed E-state index contributed by atoms with van der Waals surface area (Å²) < 4.78 is 93.6. The number of anilines is 1. The van der Waals surface area contributed by atoms with Gasteiger partial charge in [0, 0.05) is 5.56 Å². The van der Waals surface area contributed by atoms with Gasteiger partial charge in [-0.3, -0.25) is 0 Å². The lowest BCUT2D eigenvalue weighted by Crippen LogP contribution is -2.08. The van der Waals surface area contributed by atoms with Gasteiger partial charge in [0.2, 0.25) is 5.88 Å². The monoisotopic (exact) mass is 387 g/mol. The minimum Gasteiger partial charge on any atom is -0.480 e. The Labute approximate surface area is 159 Å². The number of aryl methyl sites for hydroxylation is 1. The fourth-order valence-electron chi connectivity index (χ4n) is 2.60. The lowest BCUT2D eigenvalue weighted by molar-refractivity contribution is -0.136. The summed E-state index contributed by atoms with van der Waals surface area (Å²) in [6.07, 6.45) is -3.94. The Morgan fingerprint density at radius 1 is 1.33 bits per heavy atom. The van der Waals surface area contributed by atoms with E-state index in [1.807, 2.05) is 0 Å². The molecule has 0 fully saturated rings. The number of carbonyl (C=O) groups excluding carboxylic acids is 1. The Bertz CT molecular complexity index is 1240. The number of aromatic nitrogens is 4. The quantitative estimate of drug-likeness (QED) is 0.689. The molecule has 0 aliphatic heterocycles. The van der Waals surface area contributed by atoms with Gasteiger partial charge < -0.3 is 15.2 Å². The molecule has 142 valence electrons. The average Bonchev–Trinajstić information content (AvgIpc) is 3.00. The first-order valence-corrected chi connectivity index (χ1v) is 7.12. The number of alkyl halides is 3. The van der Waals surface area contributed by atoms with Gasteiger partial charge in [0.1, 0.15) is 17.4 Å².